The van der Waals surface area contributed by atoms with Gasteiger partial charge in [-0.2, -0.15) is 0 Å². The maximum Gasteiger partial charge on any atom is 0.359 e. The number of carbonyl (C=O) groups excluding carboxylic acids is 1. The lowest BCUT2D eigenvalue weighted by Gasteiger charge is -1.99. The quantitative estimate of drug-likeness (QED) is 0.562. The summed E-state index contributed by atoms with van der Waals surface area (Å²) in [6, 6.07) is 1.26. The molecule has 2 aromatic heterocycles. The Balaban J connectivity index is 2.60. The van der Waals surface area contributed by atoms with Crippen LogP contribution in [-0.4, -0.2) is 22.0 Å². The van der Waals surface area contributed by atoms with Crippen molar-refractivity contribution in [3.63, 3.8) is 0 Å². The van der Waals surface area contributed by atoms with Gasteiger partial charge >= 0.3 is 5.97 Å². The fraction of sp³-hybridized carbons (Fsp3) is 0.200. The molecule has 0 N–H and O–H groups in total. The van der Waals surface area contributed by atoms with Crippen LogP contribution in [0.3, 0.4) is 0 Å². The predicted molar refractivity (Wildman–Crippen MR) is 71.5 cm³/mol. The van der Waals surface area contributed by atoms with E-state index < -0.39 is 11.8 Å². The Morgan fingerprint density at radius 3 is 3.06 bits per heavy atom. The molecule has 2 rings (SSSR count). The van der Waals surface area contributed by atoms with Gasteiger partial charge in [0.2, 0.25) is 0 Å². The fourth-order valence-corrected chi connectivity index (χ4v) is 2.39. The van der Waals surface area contributed by atoms with E-state index in [4.69, 9.17) is 4.74 Å². The summed E-state index contributed by atoms with van der Waals surface area (Å²) in [6.07, 6.45) is 1.53. The Morgan fingerprint density at radius 2 is 2.41 bits per heavy atom. The van der Waals surface area contributed by atoms with Gasteiger partial charge in [0.15, 0.2) is 5.69 Å². The third kappa shape index (κ3) is 2.30. The van der Waals surface area contributed by atoms with Crippen molar-refractivity contribution < 1.29 is 13.9 Å². The Hall–Kier alpha value is -0.700. The molecule has 2 aromatic rings. The molecule has 0 radical (unpaired) electrons. The Morgan fingerprint density at radius 1 is 1.71 bits per heavy atom. The summed E-state index contributed by atoms with van der Waals surface area (Å²) < 4.78 is 20.7. The summed E-state index contributed by atoms with van der Waals surface area (Å²) in [5, 5.41) is 0. The molecule has 0 fully saturated rings. The molecule has 0 aliphatic heterocycles. The van der Waals surface area contributed by atoms with Gasteiger partial charge in [0.1, 0.15) is 15.2 Å². The molecule has 0 spiro atoms. The standard InChI is InChI=1S/C10H7BrFIN2O2/c1-2-17-10(16)8-9(13)15-4-5(11)6(12)3-7(15)14-8/h3-4H,2H2,1H3. The zero-order valence-electron chi connectivity index (χ0n) is 8.71. The van der Waals surface area contributed by atoms with Crippen molar-refractivity contribution in [1.82, 2.24) is 9.38 Å². The van der Waals surface area contributed by atoms with Gasteiger partial charge in [-0.05, 0) is 45.4 Å². The fourth-order valence-electron chi connectivity index (χ4n) is 1.34. The number of nitrogens with zero attached hydrogens (tertiary/aromatic N) is 2. The molecule has 0 amide bonds. The van der Waals surface area contributed by atoms with Crippen molar-refractivity contribution in [3.8, 4) is 0 Å². The first kappa shape index (κ1) is 12.7. The maximum atomic E-state index is 13.3. The zero-order valence-corrected chi connectivity index (χ0v) is 12.5. The normalized spacial score (nSPS) is 10.8. The molecular weight excluding hydrogens is 406 g/mol. The van der Waals surface area contributed by atoms with Crippen molar-refractivity contribution in [2.45, 2.75) is 6.92 Å². The Bertz CT molecular complexity index is 599. The van der Waals surface area contributed by atoms with Crippen molar-refractivity contribution >= 4 is 50.1 Å². The van der Waals surface area contributed by atoms with Crippen LogP contribution >= 0.6 is 38.5 Å². The van der Waals surface area contributed by atoms with Gasteiger partial charge in [-0.15, -0.1) is 0 Å². The average molecular weight is 413 g/mol. The van der Waals surface area contributed by atoms with E-state index in [1.807, 2.05) is 22.6 Å². The minimum absolute atomic E-state index is 0.199. The van der Waals surface area contributed by atoms with Crippen molar-refractivity contribution in [2.24, 2.45) is 0 Å². The second kappa shape index (κ2) is 4.89. The highest BCUT2D eigenvalue weighted by atomic mass is 127. The zero-order chi connectivity index (χ0) is 12.6. The van der Waals surface area contributed by atoms with Gasteiger partial charge in [-0.25, -0.2) is 14.2 Å². The number of hydrogen-bond donors (Lipinski definition) is 0. The van der Waals surface area contributed by atoms with Gasteiger partial charge in [0.05, 0.1) is 11.1 Å². The highest BCUT2D eigenvalue weighted by Crippen LogP contribution is 2.21. The SMILES string of the molecule is CCOC(=O)c1nc2cc(F)c(Br)cn2c1I. The van der Waals surface area contributed by atoms with Gasteiger partial charge in [0.25, 0.3) is 0 Å². The molecule has 0 saturated carbocycles. The molecule has 0 atom stereocenters. The molecule has 4 nitrogen and oxygen atoms in total. The Kier molecular flexibility index (Phi) is 3.67. The molecular formula is C10H7BrFIN2O2. The third-order valence-electron chi connectivity index (χ3n) is 2.08. The van der Waals surface area contributed by atoms with Crippen LogP contribution in [0.1, 0.15) is 17.4 Å². The number of halogens is 3. The van der Waals surface area contributed by atoms with E-state index in [1.165, 1.54) is 12.3 Å². The Labute approximate surface area is 118 Å². The van der Waals surface area contributed by atoms with E-state index in [2.05, 4.69) is 20.9 Å². The maximum absolute atomic E-state index is 13.3. The lowest BCUT2D eigenvalue weighted by molar-refractivity contribution is 0.0519. The molecule has 0 unspecified atom stereocenters. The van der Waals surface area contributed by atoms with Crippen LogP contribution in [-0.2, 0) is 4.74 Å². The first-order valence-corrected chi connectivity index (χ1v) is 6.61. The van der Waals surface area contributed by atoms with Crippen molar-refractivity contribution in [1.29, 1.82) is 0 Å². The molecule has 0 aliphatic carbocycles. The van der Waals surface area contributed by atoms with Crippen molar-refractivity contribution in [2.75, 3.05) is 6.61 Å². The number of rotatable bonds is 2. The van der Waals surface area contributed by atoms with E-state index in [1.54, 1.807) is 11.3 Å². The summed E-state index contributed by atoms with van der Waals surface area (Å²) in [7, 11) is 0. The molecule has 2 heterocycles. The number of fused-ring (bicyclic) bond motifs is 1. The highest BCUT2D eigenvalue weighted by Gasteiger charge is 2.19. The molecule has 0 aromatic carbocycles. The van der Waals surface area contributed by atoms with Crippen LogP contribution < -0.4 is 0 Å². The van der Waals surface area contributed by atoms with E-state index in [9.17, 15) is 9.18 Å². The van der Waals surface area contributed by atoms with Crippen LogP contribution in [0.2, 0.25) is 0 Å². The molecule has 0 aliphatic rings. The lowest BCUT2D eigenvalue weighted by atomic mass is 10.4. The third-order valence-corrected chi connectivity index (χ3v) is 3.69. The van der Waals surface area contributed by atoms with Crippen molar-refractivity contribution in [3.05, 3.63) is 31.9 Å². The molecule has 17 heavy (non-hydrogen) atoms. The number of esters is 1. The summed E-state index contributed by atoms with van der Waals surface area (Å²) in [5.41, 5.74) is 0.572. The van der Waals surface area contributed by atoms with Crippen LogP contribution in [0.15, 0.2) is 16.7 Å². The summed E-state index contributed by atoms with van der Waals surface area (Å²) in [6.45, 7) is 2.00. The first-order chi connectivity index (χ1) is 8.04. The van der Waals surface area contributed by atoms with Gasteiger partial charge in [0, 0.05) is 12.3 Å². The minimum atomic E-state index is -0.503. The number of imidazole rings is 1. The largest absolute Gasteiger partial charge is 0.461 e. The second-order valence-electron chi connectivity index (χ2n) is 3.17. The van der Waals surface area contributed by atoms with E-state index in [-0.39, 0.29) is 12.3 Å². The minimum Gasteiger partial charge on any atom is -0.461 e. The first-order valence-electron chi connectivity index (χ1n) is 4.74. The van der Waals surface area contributed by atoms with Gasteiger partial charge in [-0.3, -0.25) is 4.40 Å². The van der Waals surface area contributed by atoms with Gasteiger partial charge < -0.3 is 4.74 Å². The van der Waals surface area contributed by atoms with Crippen LogP contribution in [0.25, 0.3) is 5.65 Å². The van der Waals surface area contributed by atoms with Gasteiger partial charge in [-0.1, -0.05) is 0 Å². The average Bonchev–Trinajstić information content (AvgIpc) is 2.58. The lowest BCUT2D eigenvalue weighted by Crippen LogP contribution is -2.06. The number of ether oxygens (including phenoxy) is 1. The number of carbonyl (C=O) groups is 1. The summed E-state index contributed by atoms with van der Waals surface area (Å²) in [5.74, 6) is -0.925. The van der Waals surface area contributed by atoms with E-state index >= 15 is 0 Å². The molecule has 0 saturated heterocycles. The molecule has 0 bridgehead atoms. The monoisotopic (exact) mass is 412 g/mol. The number of aromatic nitrogens is 2. The van der Waals surface area contributed by atoms with Crippen LogP contribution in [0.5, 0.6) is 0 Å². The predicted octanol–water partition coefficient (Wildman–Crippen LogP) is 3.02. The van der Waals surface area contributed by atoms with E-state index in [0.29, 0.717) is 13.8 Å². The smallest absolute Gasteiger partial charge is 0.359 e. The topological polar surface area (TPSA) is 43.6 Å². The van der Waals surface area contributed by atoms with Crippen LogP contribution in [0.4, 0.5) is 4.39 Å². The second-order valence-corrected chi connectivity index (χ2v) is 5.05. The highest BCUT2D eigenvalue weighted by molar-refractivity contribution is 14.1. The summed E-state index contributed by atoms with van der Waals surface area (Å²) >= 11 is 5.06. The number of pyridine rings is 1. The summed E-state index contributed by atoms with van der Waals surface area (Å²) in [4.78, 5) is 15.6. The number of hydrogen-bond acceptors (Lipinski definition) is 3. The van der Waals surface area contributed by atoms with E-state index in [0.717, 1.165) is 0 Å². The molecule has 90 valence electrons. The van der Waals surface area contributed by atoms with Crippen LogP contribution in [0, 0.1) is 9.52 Å². The molecule has 7 heteroatoms.